The molecule has 1 rings (SSSR count). The monoisotopic (exact) mass is 323 g/mol. The number of carbonyl (C=O) groups excluding carboxylic acids is 1. The van der Waals surface area contributed by atoms with Crippen molar-refractivity contribution in [3.05, 3.63) is 53.0 Å². The van der Waals surface area contributed by atoms with Crippen LogP contribution in [0.3, 0.4) is 0 Å². The molecule has 0 bridgehead atoms. The second-order valence-electron chi connectivity index (χ2n) is 3.98. The summed E-state index contributed by atoms with van der Waals surface area (Å²) in [4.78, 5) is 11.5. The molecule has 0 amide bonds. The SMILES string of the molecule is C=CC[C@@H](NC/C(Br)=C/c1ccccc1)C(=O)OC. The summed E-state index contributed by atoms with van der Waals surface area (Å²) in [5.41, 5.74) is 1.11. The maximum absolute atomic E-state index is 11.5. The molecule has 1 N–H and O–H groups in total. The molecule has 0 spiro atoms. The van der Waals surface area contributed by atoms with Gasteiger partial charge < -0.3 is 4.74 Å². The fraction of sp³-hybridized carbons (Fsp3) is 0.267. The predicted molar refractivity (Wildman–Crippen MR) is 82.0 cm³/mol. The number of benzene rings is 1. The molecule has 0 saturated heterocycles. The van der Waals surface area contributed by atoms with Crippen molar-refractivity contribution in [3.63, 3.8) is 0 Å². The number of esters is 1. The molecule has 1 aromatic rings. The van der Waals surface area contributed by atoms with E-state index in [0.29, 0.717) is 13.0 Å². The van der Waals surface area contributed by atoms with Gasteiger partial charge in [0, 0.05) is 11.0 Å². The van der Waals surface area contributed by atoms with Gasteiger partial charge in [-0.05, 0) is 18.1 Å². The van der Waals surface area contributed by atoms with Crippen LogP contribution in [0, 0.1) is 0 Å². The standard InChI is InChI=1S/C15H18BrNO2/c1-3-7-14(15(18)19-2)17-11-13(16)10-12-8-5-4-6-9-12/h3-6,8-10,14,17H,1,7,11H2,2H3/b13-10-/t14-/m1/s1. The number of nitrogens with one attached hydrogen (secondary N) is 1. The van der Waals surface area contributed by atoms with Crippen LogP contribution in [-0.4, -0.2) is 25.7 Å². The fourth-order valence-electron chi connectivity index (χ4n) is 1.57. The number of halogens is 1. The highest BCUT2D eigenvalue weighted by molar-refractivity contribution is 9.11. The van der Waals surface area contributed by atoms with E-state index >= 15 is 0 Å². The van der Waals surface area contributed by atoms with Gasteiger partial charge in [0.1, 0.15) is 6.04 Å². The summed E-state index contributed by atoms with van der Waals surface area (Å²) in [5, 5.41) is 3.13. The average molecular weight is 324 g/mol. The van der Waals surface area contributed by atoms with E-state index in [0.717, 1.165) is 10.0 Å². The van der Waals surface area contributed by atoms with Crippen molar-refractivity contribution in [2.24, 2.45) is 0 Å². The van der Waals surface area contributed by atoms with Crippen LogP contribution in [0.25, 0.3) is 6.08 Å². The van der Waals surface area contributed by atoms with Gasteiger partial charge in [0.15, 0.2) is 0 Å². The van der Waals surface area contributed by atoms with Crippen LogP contribution >= 0.6 is 15.9 Å². The summed E-state index contributed by atoms with van der Waals surface area (Å²) in [6.07, 6.45) is 4.25. The minimum Gasteiger partial charge on any atom is -0.468 e. The Kier molecular flexibility index (Phi) is 7.15. The minimum atomic E-state index is -0.362. The molecule has 0 radical (unpaired) electrons. The third kappa shape index (κ3) is 5.85. The summed E-state index contributed by atoms with van der Waals surface area (Å²) < 4.78 is 5.70. The molecule has 0 aliphatic carbocycles. The quantitative estimate of drug-likeness (QED) is 0.619. The molecule has 0 fully saturated rings. The van der Waals surface area contributed by atoms with E-state index < -0.39 is 0 Å². The summed E-state index contributed by atoms with van der Waals surface area (Å²) in [6.45, 7) is 4.20. The molecule has 0 saturated carbocycles. The Bertz CT molecular complexity index is 443. The number of methoxy groups -OCH3 is 1. The minimum absolute atomic E-state index is 0.278. The largest absolute Gasteiger partial charge is 0.468 e. The van der Waals surface area contributed by atoms with E-state index in [4.69, 9.17) is 4.74 Å². The summed E-state index contributed by atoms with van der Waals surface area (Å²) in [7, 11) is 1.38. The number of carbonyl (C=O) groups is 1. The Balaban J connectivity index is 2.56. The average Bonchev–Trinajstić information content (AvgIpc) is 2.43. The van der Waals surface area contributed by atoms with Gasteiger partial charge in [-0.15, -0.1) is 6.58 Å². The zero-order valence-electron chi connectivity index (χ0n) is 10.9. The van der Waals surface area contributed by atoms with E-state index in [-0.39, 0.29) is 12.0 Å². The second-order valence-corrected chi connectivity index (χ2v) is 5.00. The molecule has 0 aromatic heterocycles. The Morgan fingerprint density at radius 3 is 2.74 bits per heavy atom. The van der Waals surface area contributed by atoms with Gasteiger partial charge in [0.05, 0.1) is 7.11 Å². The van der Waals surface area contributed by atoms with E-state index in [2.05, 4.69) is 27.8 Å². The zero-order chi connectivity index (χ0) is 14.1. The molecule has 0 aliphatic rings. The van der Waals surface area contributed by atoms with Gasteiger partial charge in [-0.2, -0.15) is 0 Å². The molecule has 0 aliphatic heterocycles. The van der Waals surface area contributed by atoms with Crippen molar-refractivity contribution >= 4 is 28.0 Å². The predicted octanol–water partition coefficient (Wildman–Crippen LogP) is 3.13. The van der Waals surface area contributed by atoms with Gasteiger partial charge in [-0.25, -0.2) is 0 Å². The van der Waals surface area contributed by atoms with Crippen molar-refractivity contribution < 1.29 is 9.53 Å². The summed E-state index contributed by atoms with van der Waals surface area (Å²) in [5.74, 6) is -0.278. The van der Waals surface area contributed by atoms with Crippen molar-refractivity contribution in [2.45, 2.75) is 12.5 Å². The first-order valence-corrected chi connectivity index (χ1v) is 6.80. The molecule has 1 atom stereocenters. The van der Waals surface area contributed by atoms with E-state index in [9.17, 15) is 4.79 Å². The Hall–Kier alpha value is -1.39. The summed E-state index contributed by atoms with van der Waals surface area (Å²) in [6, 6.07) is 9.61. The zero-order valence-corrected chi connectivity index (χ0v) is 12.5. The maximum atomic E-state index is 11.5. The lowest BCUT2D eigenvalue weighted by Crippen LogP contribution is -2.37. The van der Waals surface area contributed by atoms with Gasteiger partial charge >= 0.3 is 5.97 Å². The highest BCUT2D eigenvalue weighted by Gasteiger charge is 2.16. The lowest BCUT2D eigenvalue weighted by Gasteiger charge is -2.14. The smallest absolute Gasteiger partial charge is 0.323 e. The lowest BCUT2D eigenvalue weighted by molar-refractivity contribution is -0.142. The molecule has 19 heavy (non-hydrogen) atoms. The van der Waals surface area contributed by atoms with Gasteiger partial charge in [-0.3, -0.25) is 10.1 Å². The van der Waals surface area contributed by atoms with Crippen LogP contribution in [0.2, 0.25) is 0 Å². The lowest BCUT2D eigenvalue weighted by atomic mass is 10.2. The molecular weight excluding hydrogens is 306 g/mol. The van der Waals surface area contributed by atoms with Crippen LogP contribution in [0.5, 0.6) is 0 Å². The maximum Gasteiger partial charge on any atom is 0.323 e. The first kappa shape index (κ1) is 15.7. The van der Waals surface area contributed by atoms with Crippen LogP contribution < -0.4 is 5.32 Å². The number of hydrogen-bond acceptors (Lipinski definition) is 3. The van der Waals surface area contributed by atoms with Crippen molar-refractivity contribution in [3.8, 4) is 0 Å². The Morgan fingerprint density at radius 1 is 1.47 bits per heavy atom. The molecule has 0 heterocycles. The molecule has 102 valence electrons. The first-order valence-electron chi connectivity index (χ1n) is 6.00. The second kappa shape index (κ2) is 8.67. The number of rotatable bonds is 7. The number of hydrogen-bond donors (Lipinski definition) is 1. The van der Waals surface area contributed by atoms with Crippen LogP contribution in [0.4, 0.5) is 0 Å². The fourth-order valence-corrected chi connectivity index (χ4v) is 2.00. The van der Waals surface area contributed by atoms with Gasteiger partial charge in [-0.1, -0.05) is 52.3 Å². The first-order chi connectivity index (χ1) is 9.17. The molecule has 3 nitrogen and oxygen atoms in total. The van der Waals surface area contributed by atoms with Crippen molar-refractivity contribution in [2.75, 3.05) is 13.7 Å². The van der Waals surface area contributed by atoms with Crippen LogP contribution in [0.1, 0.15) is 12.0 Å². The molecule has 0 unspecified atom stereocenters. The van der Waals surface area contributed by atoms with Gasteiger partial charge in [0.2, 0.25) is 0 Å². The molecule has 1 aromatic carbocycles. The van der Waals surface area contributed by atoms with Gasteiger partial charge in [0.25, 0.3) is 0 Å². The number of ether oxygens (including phenoxy) is 1. The third-order valence-corrected chi connectivity index (χ3v) is 3.04. The Morgan fingerprint density at radius 2 is 2.16 bits per heavy atom. The third-order valence-electron chi connectivity index (χ3n) is 2.53. The Labute approximate surface area is 122 Å². The van der Waals surface area contributed by atoms with Crippen molar-refractivity contribution in [1.82, 2.24) is 5.32 Å². The van der Waals surface area contributed by atoms with Crippen LogP contribution in [-0.2, 0) is 9.53 Å². The van der Waals surface area contributed by atoms with Crippen molar-refractivity contribution in [1.29, 1.82) is 0 Å². The topological polar surface area (TPSA) is 38.3 Å². The van der Waals surface area contributed by atoms with E-state index in [1.165, 1.54) is 7.11 Å². The highest BCUT2D eigenvalue weighted by Crippen LogP contribution is 2.11. The normalized spacial score (nSPS) is 12.8. The summed E-state index contributed by atoms with van der Waals surface area (Å²) >= 11 is 3.49. The van der Waals surface area contributed by atoms with Crippen LogP contribution in [0.15, 0.2) is 47.5 Å². The molecular formula is C15H18BrNO2. The van der Waals surface area contributed by atoms with E-state index in [1.54, 1.807) is 6.08 Å². The highest BCUT2D eigenvalue weighted by atomic mass is 79.9. The van der Waals surface area contributed by atoms with E-state index in [1.807, 2.05) is 36.4 Å². The molecule has 4 heteroatoms.